The maximum atomic E-state index is 12.6. The Bertz CT molecular complexity index is 827. The van der Waals surface area contributed by atoms with Crippen LogP contribution in [0.15, 0.2) is 78.0 Å². The largest absolute Gasteiger partial charge is 0.463 e. The van der Waals surface area contributed by atoms with Gasteiger partial charge in [-0.1, -0.05) is 42.5 Å². The lowest BCUT2D eigenvalue weighted by Crippen LogP contribution is -2.32. The van der Waals surface area contributed by atoms with Crippen molar-refractivity contribution in [1.82, 2.24) is 0 Å². The van der Waals surface area contributed by atoms with Gasteiger partial charge in [-0.05, 0) is 65.8 Å². The van der Waals surface area contributed by atoms with Crippen molar-refractivity contribution < 1.29 is 9.53 Å². The number of hydrogen-bond donors (Lipinski definition) is 0. The number of halogens is 1. The molecule has 4 heteroatoms. The summed E-state index contributed by atoms with van der Waals surface area (Å²) in [4.78, 5) is 14.8. The van der Waals surface area contributed by atoms with E-state index in [1.807, 2.05) is 50.3 Å². The first kappa shape index (κ1) is 17.7. The summed E-state index contributed by atoms with van der Waals surface area (Å²) in [7, 11) is 0. The number of nitrogens with zero attached hydrogens (tertiary/aromatic N) is 1. The van der Waals surface area contributed by atoms with Crippen LogP contribution in [-0.4, -0.2) is 12.6 Å². The van der Waals surface area contributed by atoms with Crippen molar-refractivity contribution in [3.63, 3.8) is 0 Å². The molecule has 2 aromatic carbocycles. The van der Waals surface area contributed by atoms with Gasteiger partial charge >= 0.3 is 5.97 Å². The van der Waals surface area contributed by atoms with Gasteiger partial charge in [-0.2, -0.15) is 0 Å². The van der Waals surface area contributed by atoms with Gasteiger partial charge in [-0.25, -0.2) is 4.79 Å². The number of rotatable bonds is 4. The second-order valence-corrected chi connectivity index (χ2v) is 7.03. The number of carbonyl (C=O) groups excluding carboxylic acids is 1. The van der Waals surface area contributed by atoms with Gasteiger partial charge in [0.25, 0.3) is 0 Å². The fourth-order valence-electron chi connectivity index (χ4n) is 3.04. The molecule has 25 heavy (non-hydrogen) atoms. The summed E-state index contributed by atoms with van der Waals surface area (Å²) in [5.74, 6) is -0.264. The Hall–Kier alpha value is -2.08. The first-order valence-electron chi connectivity index (χ1n) is 8.26. The fraction of sp³-hybridized carbons (Fsp3) is 0.190. The van der Waals surface area contributed by atoms with E-state index in [1.165, 1.54) is 0 Å². The Morgan fingerprint density at radius 3 is 2.48 bits per heavy atom. The average molecular weight is 445 g/mol. The Kier molecular flexibility index (Phi) is 5.58. The first-order chi connectivity index (χ1) is 12.1. The Balaban J connectivity index is 2.14. The maximum absolute atomic E-state index is 12.6. The van der Waals surface area contributed by atoms with E-state index in [-0.39, 0.29) is 12.0 Å². The van der Waals surface area contributed by atoms with Crippen LogP contribution in [-0.2, 0) is 9.53 Å². The van der Waals surface area contributed by atoms with E-state index in [0.29, 0.717) is 12.2 Å². The highest BCUT2D eigenvalue weighted by Crippen LogP contribution is 2.39. The van der Waals surface area contributed by atoms with Crippen LogP contribution in [0.3, 0.4) is 0 Å². The highest BCUT2D eigenvalue weighted by molar-refractivity contribution is 14.1. The van der Waals surface area contributed by atoms with Crippen LogP contribution in [0.5, 0.6) is 0 Å². The van der Waals surface area contributed by atoms with Crippen molar-refractivity contribution in [3.8, 4) is 0 Å². The highest BCUT2D eigenvalue weighted by atomic mass is 127. The fourth-order valence-corrected chi connectivity index (χ4v) is 3.70. The number of benzene rings is 2. The number of para-hydroxylation sites is 1. The van der Waals surface area contributed by atoms with Gasteiger partial charge < -0.3 is 9.64 Å². The highest BCUT2D eigenvalue weighted by Gasteiger charge is 2.32. The van der Waals surface area contributed by atoms with Crippen LogP contribution >= 0.6 is 22.6 Å². The standard InChI is InChI=1S/C21H20INO2/c1-3-25-21(24)17-13-15(2)14-23(19-12-8-7-11-18(19)22)20(17)16-9-5-4-6-10-16/h4-14,20H,3H2,1-2H3/t20-/m0/s1. The number of anilines is 1. The Labute approximate surface area is 162 Å². The summed E-state index contributed by atoms with van der Waals surface area (Å²) in [5.41, 5.74) is 3.82. The molecule has 0 radical (unpaired) electrons. The molecule has 0 saturated heterocycles. The van der Waals surface area contributed by atoms with Crippen LogP contribution in [0, 0.1) is 3.57 Å². The lowest BCUT2D eigenvalue weighted by Gasteiger charge is -2.36. The summed E-state index contributed by atoms with van der Waals surface area (Å²) in [6, 6.07) is 18.1. The average Bonchev–Trinajstić information content (AvgIpc) is 2.62. The predicted molar refractivity (Wildman–Crippen MR) is 109 cm³/mol. The molecular formula is C21H20INO2. The maximum Gasteiger partial charge on any atom is 0.336 e. The molecule has 0 fully saturated rings. The minimum Gasteiger partial charge on any atom is -0.463 e. The normalized spacial score (nSPS) is 16.9. The van der Waals surface area contributed by atoms with Crippen molar-refractivity contribution >= 4 is 34.2 Å². The van der Waals surface area contributed by atoms with Crippen LogP contribution in [0.4, 0.5) is 5.69 Å². The molecule has 1 atom stereocenters. The van der Waals surface area contributed by atoms with Gasteiger partial charge in [0, 0.05) is 9.77 Å². The van der Waals surface area contributed by atoms with Crippen molar-refractivity contribution in [3.05, 3.63) is 87.2 Å². The number of ether oxygens (including phenoxy) is 1. The van der Waals surface area contributed by atoms with E-state index < -0.39 is 0 Å². The minimum absolute atomic E-state index is 0.208. The van der Waals surface area contributed by atoms with Crippen molar-refractivity contribution in [2.24, 2.45) is 0 Å². The second-order valence-electron chi connectivity index (χ2n) is 5.87. The van der Waals surface area contributed by atoms with Gasteiger partial charge in [0.2, 0.25) is 0 Å². The number of esters is 1. The van der Waals surface area contributed by atoms with Gasteiger partial charge in [-0.3, -0.25) is 0 Å². The molecule has 0 saturated carbocycles. The van der Waals surface area contributed by atoms with Crippen LogP contribution in [0.1, 0.15) is 25.5 Å². The second kappa shape index (κ2) is 7.87. The predicted octanol–water partition coefficient (Wildman–Crippen LogP) is 5.25. The molecule has 1 heterocycles. The van der Waals surface area contributed by atoms with E-state index in [1.54, 1.807) is 0 Å². The number of carbonyl (C=O) groups is 1. The molecule has 0 N–H and O–H groups in total. The molecule has 3 nitrogen and oxygen atoms in total. The quantitative estimate of drug-likeness (QED) is 0.476. The molecule has 1 aliphatic heterocycles. The monoisotopic (exact) mass is 445 g/mol. The molecule has 0 amide bonds. The van der Waals surface area contributed by atoms with Gasteiger partial charge in [0.15, 0.2) is 0 Å². The summed E-state index contributed by atoms with van der Waals surface area (Å²) in [6.07, 6.45) is 4.03. The van der Waals surface area contributed by atoms with Gasteiger partial charge in [0.05, 0.1) is 23.9 Å². The van der Waals surface area contributed by atoms with E-state index in [0.717, 1.165) is 20.4 Å². The van der Waals surface area contributed by atoms with Gasteiger partial charge in [0.1, 0.15) is 0 Å². The first-order valence-corrected chi connectivity index (χ1v) is 9.34. The van der Waals surface area contributed by atoms with Gasteiger partial charge in [-0.15, -0.1) is 0 Å². The zero-order chi connectivity index (χ0) is 17.8. The summed E-state index contributed by atoms with van der Waals surface area (Å²) in [5, 5.41) is 0. The molecule has 1 aliphatic rings. The molecule has 3 rings (SSSR count). The van der Waals surface area contributed by atoms with Crippen molar-refractivity contribution in [1.29, 1.82) is 0 Å². The van der Waals surface area contributed by atoms with Crippen LogP contribution < -0.4 is 4.90 Å². The third-order valence-corrected chi connectivity index (χ3v) is 4.97. The Morgan fingerprint density at radius 1 is 1.12 bits per heavy atom. The molecule has 0 unspecified atom stereocenters. The Morgan fingerprint density at radius 2 is 1.80 bits per heavy atom. The van der Waals surface area contributed by atoms with Crippen molar-refractivity contribution in [2.75, 3.05) is 11.5 Å². The van der Waals surface area contributed by atoms with E-state index in [2.05, 4.69) is 58.0 Å². The van der Waals surface area contributed by atoms with E-state index >= 15 is 0 Å². The smallest absolute Gasteiger partial charge is 0.336 e. The summed E-state index contributed by atoms with van der Waals surface area (Å²) in [6.45, 7) is 4.20. The van der Waals surface area contributed by atoms with E-state index in [9.17, 15) is 4.79 Å². The van der Waals surface area contributed by atoms with E-state index in [4.69, 9.17) is 4.74 Å². The zero-order valence-electron chi connectivity index (χ0n) is 14.3. The lowest BCUT2D eigenvalue weighted by atomic mass is 9.92. The molecule has 0 aromatic heterocycles. The lowest BCUT2D eigenvalue weighted by molar-refractivity contribution is -0.138. The molecule has 0 aliphatic carbocycles. The third-order valence-electron chi connectivity index (χ3n) is 4.06. The molecule has 2 aromatic rings. The zero-order valence-corrected chi connectivity index (χ0v) is 16.4. The molecule has 0 bridgehead atoms. The topological polar surface area (TPSA) is 29.5 Å². The summed E-state index contributed by atoms with van der Waals surface area (Å²) < 4.78 is 6.47. The SMILES string of the molecule is CCOC(=O)C1=CC(C)=CN(c2ccccc2I)[C@H]1c1ccccc1. The molecule has 0 spiro atoms. The molecule has 128 valence electrons. The summed E-state index contributed by atoms with van der Waals surface area (Å²) >= 11 is 2.33. The van der Waals surface area contributed by atoms with Crippen LogP contribution in [0.2, 0.25) is 0 Å². The molecular weight excluding hydrogens is 425 g/mol. The number of allylic oxidation sites excluding steroid dienone is 2. The minimum atomic E-state index is -0.264. The third kappa shape index (κ3) is 3.79. The van der Waals surface area contributed by atoms with Crippen molar-refractivity contribution in [2.45, 2.75) is 19.9 Å². The van der Waals surface area contributed by atoms with Crippen LogP contribution in [0.25, 0.3) is 0 Å². The number of hydrogen-bond acceptors (Lipinski definition) is 3.